The molecule has 0 aliphatic carbocycles. The van der Waals surface area contributed by atoms with Gasteiger partial charge >= 0.3 is 5.97 Å². The zero-order valence-electron chi connectivity index (χ0n) is 15.4. The minimum Gasteiger partial charge on any atom is -0.423 e. The van der Waals surface area contributed by atoms with Gasteiger partial charge in [-0.3, -0.25) is 9.36 Å². The van der Waals surface area contributed by atoms with Crippen molar-refractivity contribution in [3.8, 4) is 11.8 Å². The zero-order chi connectivity index (χ0) is 19.5. The summed E-state index contributed by atoms with van der Waals surface area (Å²) < 4.78 is 7.17. The lowest BCUT2D eigenvalue weighted by Crippen LogP contribution is -2.24. The third-order valence-corrected chi connectivity index (χ3v) is 4.97. The lowest BCUT2D eigenvalue weighted by atomic mass is 10.1. The van der Waals surface area contributed by atoms with E-state index in [9.17, 15) is 9.59 Å². The van der Waals surface area contributed by atoms with Crippen molar-refractivity contribution >= 4 is 16.9 Å². The monoisotopic (exact) mass is 373 g/mol. The Morgan fingerprint density at radius 1 is 1.14 bits per heavy atom. The van der Waals surface area contributed by atoms with Crippen LogP contribution in [0, 0.1) is 11.3 Å². The van der Waals surface area contributed by atoms with Crippen molar-refractivity contribution in [3.63, 3.8) is 0 Å². The molecule has 0 unspecified atom stereocenters. The quantitative estimate of drug-likeness (QED) is 0.519. The van der Waals surface area contributed by atoms with E-state index in [-0.39, 0.29) is 5.56 Å². The summed E-state index contributed by atoms with van der Waals surface area (Å²) in [5.41, 5.74) is 1.68. The molecule has 0 saturated carbocycles. The van der Waals surface area contributed by atoms with E-state index >= 15 is 0 Å². The van der Waals surface area contributed by atoms with Gasteiger partial charge in [-0.25, -0.2) is 9.78 Å². The number of rotatable bonds is 3. The summed E-state index contributed by atoms with van der Waals surface area (Å²) in [6.07, 6.45) is 4.17. The molecule has 0 amide bonds. The second kappa shape index (κ2) is 7.65. The van der Waals surface area contributed by atoms with Crippen molar-refractivity contribution in [3.05, 3.63) is 69.8 Å². The van der Waals surface area contributed by atoms with E-state index in [2.05, 4.69) is 11.1 Å². The third kappa shape index (κ3) is 3.52. The molecule has 2 heterocycles. The average molecular weight is 373 g/mol. The van der Waals surface area contributed by atoms with Crippen LogP contribution in [0.2, 0.25) is 0 Å². The molecule has 0 spiro atoms. The Labute approximate surface area is 162 Å². The number of benzene rings is 2. The molecular weight excluding hydrogens is 354 g/mol. The Hall–Kier alpha value is -3.46. The first-order valence-electron chi connectivity index (χ1n) is 9.37. The first kappa shape index (κ1) is 17.9. The smallest absolute Gasteiger partial charge is 0.343 e. The van der Waals surface area contributed by atoms with Gasteiger partial charge in [0, 0.05) is 13.0 Å². The van der Waals surface area contributed by atoms with Crippen LogP contribution < -0.4 is 10.3 Å². The molecule has 140 valence electrons. The molecule has 0 radical (unpaired) electrons. The lowest BCUT2D eigenvalue weighted by Gasteiger charge is -2.11. The molecule has 2 aromatic carbocycles. The Morgan fingerprint density at radius 2 is 1.96 bits per heavy atom. The third-order valence-electron chi connectivity index (χ3n) is 4.97. The van der Waals surface area contributed by atoms with E-state index in [4.69, 9.17) is 10.00 Å². The highest BCUT2D eigenvalue weighted by atomic mass is 16.5. The number of carbonyl (C=O) groups is 1. The maximum Gasteiger partial charge on any atom is 0.343 e. The van der Waals surface area contributed by atoms with Crippen LogP contribution in [-0.4, -0.2) is 15.5 Å². The molecule has 0 atom stereocenters. The number of carbonyl (C=O) groups excluding carboxylic acids is 1. The molecule has 4 rings (SSSR count). The number of aryl methyl sites for hydroxylation is 1. The second-order valence-corrected chi connectivity index (χ2v) is 6.90. The number of aromatic nitrogens is 2. The molecule has 1 aromatic heterocycles. The van der Waals surface area contributed by atoms with Crippen LogP contribution in [0.4, 0.5) is 0 Å². The molecule has 0 N–H and O–H groups in total. The van der Waals surface area contributed by atoms with Gasteiger partial charge in [-0.1, -0.05) is 18.6 Å². The van der Waals surface area contributed by atoms with E-state index in [1.807, 2.05) is 0 Å². The summed E-state index contributed by atoms with van der Waals surface area (Å²) in [6.45, 7) is 0.697. The maximum absolute atomic E-state index is 12.8. The first-order chi connectivity index (χ1) is 13.7. The van der Waals surface area contributed by atoms with Gasteiger partial charge in [0.05, 0.1) is 29.0 Å². The zero-order valence-corrected chi connectivity index (χ0v) is 15.4. The first-order valence-corrected chi connectivity index (χ1v) is 9.37. The largest absolute Gasteiger partial charge is 0.423 e. The summed E-state index contributed by atoms with van der Waals surface area (Å²) in [5, 5.41) is 9.23. The Kier molecular flexibility index (Phi) is 4.90. The second-order valence-electron chi connectivity index (χ2n) is 6.90. The van der Waals surface area contributed by atoms with E-state index < -0.39 is 5.97 Å². The fourth-order valence-corrected chi connectivity index (χ4v) is 3.48. The molecule has 0 saturated heterocycles. The summed E-state index contributed by atoms with van der Waals surface area (Å²) in [7, 11) is 0. The molecule has 6 nitrogen and oxygen atoms in total. The number of hydrogen-bond acceptors (Lipinski definition) is 5. The van der Waals surface area contributed by atoms with Crippen molar-refractivity contribution in [2.75, 3.05) is 0 Å². The van der Waals surface area contributed by atoms with Crippen LogP contribution in [0.1, 0.15) is 41.0 Å². The van der Waals surface area contributed by atoms with E-state index in [0.717, 1.165) is 37.1 Å². The SMILES string of the molecule is N#CCc1ccc(OC(=O)c2ccc3c(=O)n4c(nc3c2)CCCCC4)cc1. The fraction of sp³-hybridized carbons (Fsp3) is 0.273. The molecule has 0 fully saturated rings. The summed E-state index contributed by atoms with van der Waals surface area (Å²) >= 11 is 0. The molecule has 1 aliphatic rings. The van der Waals surface area contributed by atoms with Crippen LogP contribution >= 0.6 is 0 Å². The van der Waals surface area contributed by atoms with Crippen LogP contribution in [0.3, 0.4) is 0 Å². The van der Waals surface area contributed by atoms with Gasteiger partial charge in [-0.15, -0.1) is 0 Å². The van der Waals surface area contributed by atoms with Crippen molar-refractivity contribution in [2.45, 2.75) is 38.6 Å². The topological polar surface area (TPSA) is 85.0 Å². The maximum atomic E-state index is 12.8. The van der Waals surface area contributed by atoms with E-state index in [0.29, 0.717) is 35.2 Å². The minimum atomic E-state index is -0.508. The Balaban J connectivity index is 1.63. The highest BCUT2D eigenvalue weighted by Gasteiger charge is 2.16. The normalized spacial score (nSPS) is 13.4. The fourth-order valence-electron chi connectivity index (χ4n) is 3.48. The van der Waals surface area contributed by atoms with Crippen molar-refractivity contribution in [1.82, 2.24) is 9.55 Å². The number of nitrogens with zero attached hydrogens (tertiary/aromatic N) is 3. The summed E-state index contributed by atoms with van der Waals surface area (Å²) in [4.78, 5) is 29.9. The highest BCUT2D eigenvalue weighted by molar-refractivity contribution is 5.95. The molecule has 1 aliphatic heterocycles. The van der Waals surface area contributed by atoms with Gasteiger partial charge in [-0.2, -0.15) is 5.26 Å². The average Bonchev–Trinajstić information content (AvgIpc) is 2.95. The summed E-state index contributed by atoms with van der Waals surface area (Å²) in [5.74, 6) is 0.683. The molecule has 28 heavy (non-hydrogen) atoms. The van der Waals surface area contributed by atoms with Crippen molar-refractivity contribution in [2.24, 2.45) is 0 Å². The molecule has 3 aromatic rings. The number of fused-ring (bicyclic) bond motifs is 2. The standard InChI is InChI=1S/C22H19N3O3/c23-12-11-15-5-8-17(9-6-15)28-22(27)16-7-10-18-19(14-16)24-20-4-2-1-3-13-25(20)21(18)26/h5-10,14H,1-4,11,13H2. The van der Waals surface area contributed by atoms with Crippen LogP contribution in [0.5, 0.6) is 5.75 Å². The van der Waals surface area contributed by atoms with Gasteiger partial charge in [-0.05, 0) is 48.7 Å². The van der Waals surface area contributed by atoms with Gasteiger partial charge in [0.25, 0.3) is 5.56 Å². The number of hydrogen-bond donors (Lipinski definition) is 0. The number of nitriles is 1. The van der Waals surface area contributed by atoms with E-state index in [1.54, 1.807) is 47.0 Å². The predicted octanol–water partition coefficient (Wildman–Crippen LogP) is 3.41. The molecular formula is C22H19N3O3. The van der Waals surface area contributed by atoms with E-state index in [1.165, 1.54) is 0 Å². The molecule has 0 bridgehead atoms. The van der Waals surface area contributed by atoms with Gasteiger partial charge < -0.3 is 4.74 Å². The number of esters is 1. The number of ether oxygens (including phenoxy) is 1. The Morgan fingerprint density at radius 3 is 2.75 bits per heavy atom. The van der Waals surface area contributed by atoms with Gasteiger partial charge in [0.1, 0.15) is 11.6 Å². The highest BCUT2D eigenvalue weighted by Crippen LogP contribution is 2.18. The van der Waals surface area contributed by atoms with Crippen molar-refractivity contribution in [1.29, 1.82) is 5.26 Å². The summed E-state index contributed by atoms with van der Waals surface area (Å²) in [6, 6.07) is 13.8. The lowest BCUT2D eigenvalue weighted by molar-refractivity contribution is 0.0735. The predicted molar refractivity (Wildman–Crippen MR) is 104 cm³/mol. The van der Waals surface area contributed by atoms with Crippen LogP contribution in [0.25, 0.3) is 10.9 Å². The minimum absolute atomic E-state index is 0.0464. The van der Waals surface area contributed by atoms with Crippen molar-refractivity contribution < 1.29 is 9.53 Å². The van der Waals surface area contributed by atoms with Crippen LogP contribution in [-0.2, 0) is 19.4 Å². The van der Waals surface area contributed by atoms with Gasteiger partial charge in [0.15, 0.2) is 0 Å². The Bertz CT molecular complexity index is 1140. The van der Waals surface area contributed by atoms with Gasteiger partial charge in [0.2, 0.25) is 0 Å². The molecule has 6 heteroatoms. The van der Waals surface area contributed by atoms with Crippen LogP contribution in [0.15, 0.2) is 47.3 Å².